The smallest absolute Gasteiger partial charge is 0.0955 e. The van der Waals surface area contributed by atoms with Crippen LogP contribution >= 0.6 is 0 Å². The normalized spacial score (nSPS) is 21.1. The van der Waals surface area contributed by atoms with Gasteiger partial charge in [0.15, 0.2) is 0 Å². The Kier molecular flexibility index (Phi) is 1.61. The monoisotopic (exact) mass is 187 g/mol. The van der Waals surface area contributed by atoms with Crippen molar-refractivity contribution in [2.45, 2.75) is 12.5 Å². The van der Waals surface area contributed by atoms with Gasteiger partial charge in [-0.25, -0.2) is 4.98 Å². The van der Waals surface area contributed by atoms with Gasteiger partial charge in [-0.3, -0.25) is 0 Å². The fourth-order valence-electron chi connectivity index (χ4n) is 1.94. The minimum atomic E-state index is 0.557. The summed E-state index contributed by atoms with van der Waals surface area (Å²) < 4.78 is 2.05. The number of fused-ring (bicyclic) bond motifs is 1. The van der Waals surface area contributed by atoms with Gasteiger partial charge in [0.1, 0.15) is 0 Å². The minimum absolute atomic E-state index is 0.557. The van der Waals surface area contributed by atoms with E-state index in [0.29, 0.717) is 6.04 Å². The Morgan fingerprint density at radius 1 is 1.50 bits per heavy atom. The maximum Gasteiger partial charge on any atom is 0.0955 e. The number of hydrogen-bond acceptors (Lipinski definition) is 2. The second-order valence-corrected chi connectivity index (χ2v) is 3.90. The zero-order chi connectivity index (χ0) is 9.54. The Balaban J connectivity index is 2.10. The molecule has 0 radical (unpaired) electrons. The van der Waals surface area contributed by atoms with Gasteiger partial charge in [0.25, 0.3) is 0 Å². The Bertz CT molecular complexity index is 468. The molecule has 72 valence electrons. The van der Waals surface area contributed by atoms with Crippen LogP contribution in [0.3, 0.4) is 0 Å². The van der Waals surface area contributed by atoms with Gasteiger partial charge in [-0.1, -0.05) is 6.07 Å². The number of rotatable bonds is 1. The number of imidazole rings is 1. The molecule has 3 heteroatoms. The predicted octanol–water partition coefficient (Wildman–Crippen LogP) is 1.61. The molecular weight excluding hydrogens is 174 g/mol. The van der Waals surface area contributed by atoms with Crippen LogP contribution in [0.5, 0.6) is 0 Å². The third-order valence-corrected chi connectivity index (χ3v) is 2.98. The van der Waals surface area contributed by atoms with Gasteiger partial charge in [-0.2, -0.15) is 0 Å². The molecule has 3 nitrogen and oxygen atoms in total. The summed E-state index contributed by atoms with van der Waals surface area (Å²) in [6.07, 6.45) is 3.11. The lowest BCUT2D eigenvalue weighted by molar-refractivity contribution is 0.383. The highest BCUT2D eigenvalue weighted by Gasteiger charge is 2.18. The van der Waals surface area contributed by atoms with E-state index >= 15 is 0 Å². The van der Waals surface area contributed by atoms with Crippen molar-refractivity contribution < 1.29 is 0 Å². The SMILES string of the molecule is Cn1cnc2cc(C3CCN3)ccc21. The van der Waals surface area contributed by atoms with Crippen LogP contribution < -0.4 is 5.32 Å². The first-order chi connectivity index (χ1) is 6.84. The molecule has 1 saturated heterocycles. The van der Waals surface area contributed by atoms with E-state index in [1.54, 1.807) is 0 Å². The van der Waals surface area contributed by atoms with Gasteiger partial charge >= 0.3 is 0 Å². The van der Waals surface area contributed by atoms with Gasteiger partial charge in [0.2, 0.25) is 0 Å². The number of hydrogen-bond donors (Lipinski definition) is 1. The van der Waals surface area contributed by atoms with Crippen molar-refractivity contribution >= 4 is 11.0 Å². The highest BCUT2D eigenvalue weighted by molar-refractivity contribution is 5.76. The summed E-state index contributed by atoms with van der Waals surface area (Å²) in [7, 11) is 2.02. The van der Waals surface area contributed by atoms with Gasteiger partial charge in [0.05, 0.1) is 17.4 Å². The molecule has 1 aromatic heterocycles. The molecule has 0 bridgehead atoms. The van der Waals surface area contributed by atoms with E-state index in [4.69, 9.17) is 0 Å². The number of nitrogens with one attached hydrogen (secondary N) is 1. The largest absolute Gasteiger partial charge is 0.334 e. The van der Waals surface area contributed by atoms with E-state index < -0.39 is 0 Å². The Morgan fingerprint density at radius 3 is 3.07 bits per heavy atom. The molecule has 1 N–H and O–H groups in total. The predicted molar refractivity (Wildman–Crippen MR) is 56.1 cm³/mol. The van der Waals surface area contributed by atoms with Crippen molar-refractivity contribution in [2.75, 3.05) is 6.54 Å². The van der Waals surface area contributed by atoms with Crippen molar-refractivity contribution in [1.29, 1.82) is 0 Å². The number of aryl methyl sites for hydroxylation is 1. The fourth-order valence-corrected chi connectivity index (χ4v) is 1.94. The molecule has 1 fully saturated rings. The average Bonchev–Trinajstić information content (AvgIpc) is 2.45. The van der Waals surface area contributed by atoms with E-state index in [9.17, 15) is 0 Å². The Hall–Kier alpha value is -1.35. The third kappa shape index (κ3) is 1.06. The van der Waals surface area contributed by atoms with Gasteiger partial charge in [-0.15, -0.1) is 0 Å². The maximum atomic E-state index is 4.35. The van der Waals surface area contributed by atoms with Crippen molar-refractivity contribution in [1.82, 2.24) is 14.9 Å². The molecule has 1 aromatic carbocycles. The summed E-state index contributed by atoms with van der Waals surface area (Å²) in [6.45, 7) is 1.14. The zero-order valence-corrected chi connectivity index (χ0v) is 8.20. The lowest BCUT2D eigenvalue weighted by Crippen LogP contribution is -2.34. The molecule has 3 rings (SSSR count). The molecule has 1 aliphatic rings. The lowest BCUT2D eigenvalue weighted by atomic mass is 9.98. The van der Waals surface area contributed by atoms with Gasteiger partial charge in [-0.05, 0) is 30.7 Å². The lowest BCUT2D eigenvalue weighted by Gasteiger charge is -2.27. The Morgan fingerprint density at radius 2 is 2.36 bits per heavy atom. The molecule has 1 aliphatic heterocycles. The molecule has 2 aromatic rings. The first kappa shape index (κ1) is 8.00. The molecule has 0 saturated carbocycles. The first-order valence-corrected chi connectivity index (χ1v) is 4.99. The van der Waals surface area contributed by atoms with Crippen LogP contribution in [-0.4, -0.2) is 16.1 Å². The van der Waals surface area contributed by atoms with E-state index in [-0.39, 0.29) is 0 Å². The Labute approximate surface area is 82.8 Å². The number of benzene rings is 1. The van der Waals surface area contributed by atoms with Gasteiger partial charge < -0.3 is 9.88 Å². The number of nitrogens with zero attached hydrogens (tertiary/aromatic N) is 2. The van der Waals surface area contributed by atoms with Crippen LogP contribution in [0.2, 0.25) is 0 Å². The van der Waals surface area contributed by atoms with Crippen LogP contribution in [0.4, 0.5) is 0 Å². The maximum absolute atomic E-state index is 4.35. The summed E-state index contributed by atoms with van der Waals surface area (Å²) >= 11 is 0. The van der Waals surface area contributed by atoms with E-state index in [2.05, 4.69) is 28.5 Å². The summed E-state index contributed by atoms with van der Waals surface area (Å²) in [4.78, 5) is 4.35. The fraction of sp³-hybridized carbons (Fsp3) is 0.364. The summed E-state index contributed by atoms with van der Waals surface area (Å²) in [5, 5.41) is 3.40. The van der Waals surface area contributed by atoms with Gasteiger partial charge in [0, 0.05) is 13.1 Å². The summed E-state index contributed by atoms with van der Waals surface area (Å²) in [5.41, 5.74) is 3.66. The molecule has 14 heavy (non-hydrogen) atoms. The highest BCUT2D eigenvalue weighted by Crippen LogP contribution is 2.25. The second-order valence-electron chi connectivity index (χ2n) is 3.90. The molecule has 0 aliphatic carbocycles. The van der Waals surface area contributed by atoms with Crippen molar-refractivity contribution in [3.05, 3.63) is 30.1 Å². The van der Waals surface area contributed by atoms with Crippen LogP contribution in [-0.2, 0) is 7.05 Å². The van der Waals surface area contributed by atoms with E-state index in [1.807, 2.05) is 17.9 Å². The minimum Gasteiger partial charge on any atom is -0.334 e. The molecule has 0 spiro atoms. The molecule has 1 unspecified atom stereocenters. The van der Waals surface area contributed by atoms with Crippen LogP contribution in [0.1, 0.15) is 18.0 Å². The van der Waals surface area contributed by atoms with Crippen molar-refractivity contribution in [3.63, 3.8) is 0 Å². The highest BCUT2D eigenvalue weighted by atomic mass is 15.0. The van der Waals surface area contributed by atoms with E-state index in [0.717, 1.165) is 12.1 Å². The van der Waals surface area contributed by atoms with Crippen LogP contribution in [0.15, 0.2) is 24.5 Å². The number of aromatic nitrogens is 2. The summed E-state index contributed by atoms with van der Waals surface area (Å²) in [6, 6.07) is 7.09. The quantitative estimate of drug-likeness (QED) is 0.735. The van der Waals surface area contributed by atoms with E-state index in [1.165, 1.54) is 17.5 Å². The van der Waals surface area contributed by atoms with Crippen molar-refractivity contribution in [2.24, 2.45) is 7.05 Å². The zero-order valence-electron chi connectivity index (χ0n) is 8.20. The third-order valence-electron chi connectivity index (χ3n) is 2.98. The van der Waals surface area contributed by atoms with Crippen LogP contribution in [0, 0.1) is 0 Å². The summed E-state index contributed by atoms with van der Waals surface area (Å²) in [5.74, 6) is 0. The molecule has 2 heterocycles. The second kappa shape index (κ2) is 2.82. The van der Waals surface area contributed by atoms with Crippen molar-refractivity contribution in [3.8, 4) is 0 Å². The standard InChI is InChI=1S/C11H13N3/c1-14-7-13-10-6-8(2-3-11(10)14)9-4-5-12-9/h2-3,6-7,9,12H,4-5H2,1H3. The first-order valence-electron chi connectivity index (χ1n) is 4.99. The topological polar surface area (TPSA) is 29.9 Å². The molecule has 1 atom stereocenters. The average molecular weight is 187 g/mol. The van der Waals surface area contributed by atoms with Crippen LogP contribution in [0.25, 0.3) is 11.0 Å². The molecule has 0 amide bonds. The molecular formula is C11H13N3.